The molecule has 0 radical (unpaired) electrons. The number of ether oxygens (including phenoxy) is 3. The van der Waals surface area contributed by atoms with Gasteiger partial charge in [0.25, 0.3) is 0 Å². The molecular weight excluding hydrogens is 348 g/mol. The average Bonchev–Trinajstić information content (AvgIpc) is 3.10. The molecule has 1 saturated heterocycles. The van der Waals surface area contributed by atoms with Crippen LogP contribution in [0.15, 0.2) is 4.99 Å². The van der Waals surface area contributed by atoms with E-state index in [2.05, 4.69) is 15.6 Å². The van der Waals surface area contributed by atoms with E-state index in [0.29, 0.717) is 32.8 Å². The third kappa shape index (κ3) is 11.0. The summed E-state index contributed by atoms with van der Waals surface area (Å²) in [4.78, 5) is 18.2. The van der Waals surface area contributed by atoms with E-state index in [1.165, 1.54) is 0 Å². The number of nitrogens with one attached hydrogen (secondary N) is 2. The molecule has 0 bridgehead atoms. The van der Waals surface area contributed by atoms with Crippen molar-refractivity contribution in [1.29, 1.82) is 0 Å². The van der Waals surface area contributed by atoms with Gasteiger partial charge in [0.15, 0.2) is 5.96 Å². The summed E-state index contributed by atoms with van der Waals surface area (Å²) in [5, 5.41) is 6.50. The number of nitrogens with zero attached hydrogens (tertiary/aromatic N) is 2. The van der Waals surface area contributed by atoms with Crippen LogP contribution in [0.2, 0.25) is 0 Å². The molecule has 0 aromatic carbocycles. The first kappa shape index (κ1) is 23.5. The second kappa shape index (κ2) is 12.8. The van der Waals surface area contributed by atoms with Gasteiger partial charge in [0.05, 0.1) is 12.7 Å². The molecule has 1 amide bonds. The molecule has 1 heterocycles. The summed E-state index contributed by atoms with van der Waals surface area (Å²) >= 11 is 0. The first-order valence-corrected chi connectivity index (χ1v) is 9.97. The maximum Gasteiger partial charge on any atom is 0.410 e. The van der Waals surface area contributed by atoms with E-state index in [0.717, 1.165) is 38.4 Å². The molecule has 1 fully saturated rings. The zero-order chi connectivity index (χ0) is 20.1. The second-order valence-corrected chi connectivity index (χ2v) is 7.60. The van der Waals surface area contributed by atoms with Gasteiger partial charge in [0.2, 0.25) is 0 Å². The number of guanidine groups is 1. The SMILES string of the molecule is CCCN(CCNC(=NC)NCCCOC1CCOC1)C(=O)OC(C)(C)C. The fourth-order valence-corrected chi connectivity index (χ4v) is 2.59. The maximum atomic E-state index is 12.3. The molecule has 158 valence electrons. The first-order valence-electron chi connectivity index (χ1n) is 9.97. The Morgan fingerprint density at radius 3 is 2.59 bits per heavy atom. The van der Waals surface area contributed by atoms with Crippen LogP contribution in [0.3, 0.4) is 0 Å². The predicted octanol–water partition coefficient (Wildman–Crippen LogP) is 1.99. The summed E-state index contributed by atoms with van der Waals surface area (Å²) in [6.07, 6.45) is 2.75. The molecule has 0 aromatic heterocycles. The van der Waals surface area contributed by atoms with Gasteiger partial charge in [-0.2, -0.15) is 0 Å². The standard InChI is InChI=1S/C19H38N4O4/c1-6-11-23(18(24)27-19(2,3)4)12-10-22-17(20-5)21-9-7-13-26-16-8-14-25-15-16/h16H,6-15H2,1-5H3,(H2,20,21,22). The van der Waals surface area contributed by atoms with Gasteiger partial charge in [-0.15, -0.1) is 0 Å². The Morgan fingerprint density at radius 1 is 1.26 bits per heavy atom. The second-order valence-electron chi connectivity index (χ2n) is 7.60. The minimum absolute atomic E-state index is 0.250. The van der Waals surface area contributed by atoms with E-state index >= 15 is 0 Å². The van der Waals surface area contributed by atoms with Crippen LogP contribution in [0.4, 0.5) is 4.79 Å². The lowest BCUT2D eigenvalue weighted by molar-refractivity contribution is 0.0253. The van der Waals surface area contributed by atoms with Crippen molar-refractivity contribution in [3.05, 3.63) is 0 Å². The lowest BCUT2D eigenvalue weighted by Crippen LogP contribution is -2.44. The molecule has 8 nitrogen and oxygen atoms in total. The molecule has 1 unspecified atom stereocenters. The highest BCUT2D eigenvalue weighted by Gasteiger charge is 2.21. The van der Waals surface area contributed by atoms with Gasteiger partial charge in [0.1, 0.15) is 5.60 Å². The van der Waals surface area contributed by atoms with E-state index < -0.39 is 5.60 Å². The van der Waals surface area contributed by atoms with Gasteiger partial charge in [-0.1, -0.05) is 6.92 Å². The molecule has 1 rings (SSSR count). The summed E-state index contributed by atoms with van der Waals surface area (Å²) in [5.41, 5.74) is -0.485. The average molecular weight is 387 g/mol. The number of hydrogen-bond acceptors (Lipinski definition) is 5. The largest absolute Gasteiger partial charge is 0.444 e. The van der Waals surface area contributed by atoms with E-state index in [1.807, 2.05) is 27.7 Å². The van der Waals surface area contributed by atoms with Crippen LogP contribution in [0.5, 0.6) is 0 Å². The van der Waals surface area contributed by atoms with E-state index in [9.17, 15) is 4.79 Å². The van der Waals surface area contributed by atoms with Crippen LogP contribution in [-0.2, 0) is 14.2 Å². The summed E-state index contributed by atoms with van der Waals surface area (Å²) in [5.74, 6) is 0.722. The fourth-order valence-electron chi connectivity index (χ4n) is 2.59. The van der Waals surface area contributed by atoms with Crippen molar-refractivity contribution in [2.45, 2.75) is 58.7 Å². The maximum absolute atomic E-state index is 12.3. The predicted molar refractivity (Wildman–Crippen MR) is 107 cm³/mol. The zero-order valence-corrected chi connectivity index (χ0v) is 17.7. The molecule has 1 atom stereocenters. The molecule has 2 N–H and O–H groups in total. The number of carbonyl (C=O) groups is 1. The van der Waals surface area contributed by atoms with Crippen LogP contribution in [0.1, 0.15) is 47.0 Å². The van der Waals surface area contributed by atoms with Crippen molar-refractivity contribution in [1.82, 2.24) is 15.5 Å². The highest BCUT2D eigenvalue weighted by molar-refractivity contribution is 5.79. The van der Waals surface area contributed by atoms with E-state index in [1.54, 1.807) is 11.9 Å². The van der Waals surface area contributed by atoms with Gasteiger partial charge in [-0.05, 0) is 40.0 Å². The van der Waals surface area contributed by atoms with Gasteiger partial charge in [-0.3, -0.25) is 4.99 Å². The molecule has 1 aliphatic rings. The Bertz CT molecular complexity index is 445. The number of amides is 1. The number of aliphatic imine (C=N–C) groups is 1. The Balaban J connectivity index is 2.21. The van der Waals surface area contributed by atoms with Crippen molar-refractivity contribution in [2.75, 3.05) is 53.0 Å². The van der Waals surface area contributed by atoms with Gasteiger partial charge >= 0.3 is 6.09 Å². The molecule has 0 spiro atoms. The lowest BCUT2D eigenvalue weighted by atomic mass is 10.2. The third-order valence-corrected chi connectivity index (χ3v) is 3.90. The Hall–Kier alpha value is -1.54. The molecular formula is C19H38N4O4. The smallest absolute Gasteiger partial charge is 0.410 e. The van der Waals surface area contributed by atoms with E-state index in [-0.39, 0.29) is 12.2 Å². The van der Waals surface area contributed by atoms with Crippen molar-refractivity contribution >= 4 is 12.1 Å². The highest BCUT2D eigenvalue weighted by Crippen LogP contribution is 2.10. The molecule has 27 heavy (non-hydrogen) atoms. The van der Waals surface area contributed by atoms with Crippen LogP contribution in [-0.4, -0.2) is 81.7 Å². The van der Waals surface area contributed by atoms with Crippen molar-refractivity contribution in [3.8, 4) is 0 Å². The van der Waals surface area contributed by atoms with Gasteiger partial charge < -0.3 is 29.7 Å². The van der Waals surface area contributed by atoms with Crippen molar-refractivity contribution < 1.29 is 19.0 Å². The zero-order valence-electron chi connectivity index (χ0n) is 17.7. The monoisotopic (exact) mass is 386 g/mol. The van der Waals surface area contributed by atoms with Crippen LogP contribution >= 0.6 is 0 Å². The van der Waals surface area contributed by atoms with Gasteiger partial charge in [-0.25, -0.2) is 4.79 Å². The van der Waals surface area contributed by atoms with E-state index in [4.69, 9.17) is 14.2 Å². The van der Waals surface area contributed by atoms with Crippen LogP contribution in [0, 0.1) is 0 Å². The third-order valence-electron chi connectivity index (χ3n) is 3.90. The lowest BCUT2D eigenvalue weighted by Gasteiger charge is -2.27. The quantitative estimate of drug-likeness (QED) is 0.339. The molecule has 1 aliphatic heterocycles. The molecule has 0 aliphatic carbocycles. The Labute approximate surface area is 164 Å². The number of carbonyl (C=O) groups excluding carboxylic acids is 1. The topological polar surface area (TPSA) is 84.4 Å². The summed E-state index contributed by atoms with van der Waals surface area (Å²) < 4.78 is 16.5. The Kier molecular flexibility index (Phi) is 11.1. The molecule has 0 saturated carbocycles. The van der Waals surface area contributed by atoms with Crippen LogP contribution in [0.25, 0.3) is 0 Å². The highest BCUT2D eigenvalue weighted by atomic mass is 16.6. The number of rotatable bonds is 10. The molecule has 8 heteroatoms. The summed E-state index contributed by atoms with van der Waals surface area (Å²) in [6.45, 7) is 12.5. The normalized spacial score (nSPS) is 17.7. The minimum atomic E-state index is -0.485. The van der Waals surface area contributed by atoms with Crippen molar-refractivity contribution in [2.24, 2.45) is 4.99 Å². The van der Waals surface area contributed by atoms with Crippen LogP contribution < -0.4 is 10.6 Å². The van der Waals surface area contributed by atoms with Gasteiger partial charge in [0, 0.05) is 46.4 Å². The summed E-state index contributed by atoms with van der Waals surface area (Å²) in [6, 6.07) is 0. The first-order chi connectivity index (χ1) is 12.9. The Morgan fingerprint density at radius 2 is 2.00 bits per heavy atom. The van der Waals surface area contributed by atoms with Crippen molar-refractivity contribution in [3.63, 3.8) is 0 Å². The molecule has 0 aromatic rings. The minimum Gasteiger partial charge on any atom is -0.444 e. The summed E-state index contributed by atoms with van der Waals surface area (Å²) in [7, 11) is 1.74. The fraction of sp³-hybridized carbons (Fsp3) is 0.895. The number of hydrogen-bond donors (Lipinski definition) is 2.